The molecule has 1 amide bonds. The van der Waals surface area contributed by atoms with Crippen molar-refractivity contribution in [2.75, 3.05) is 18.6 Å². The van der Waals surface area contributed by atoms with E-state index in [4.69, 9.17) is 9.47 Å². The number of hydrogen-bond acceptors (Lipinski definition) is 5. The van der Waals surface area contributed by atoms with Crippen LogP contribution in [-0.2, 0) is 19.1 Å². The summed E-state index contributed by atoms with van der Waals surface area (Å²) in [4.78, 5) is 40.1. The van der Waals surface area contributed by atoms with Crippen LogP contribution in [0.5, 0.6) is 0 Å². The van der Waals surface area contributed by atoms with Gasteiger partial charge in [0, 0.05) is 28.5 Å². The van der Waals surface area contributed by atoms with Gasteiger partial charge in [0.05, 0.1) is 30.4 Å². The van der Waals surface area contributed by atoms with Gasteiger partial charge in [0.2, 0.25) is 0 Å². The molecule has 3 aromatic rings. The van der Waals surface area contributed by atoms with E-state index in [0.29, 0.717) is 16.9 Å². The Morgan fingerprint density at radius 1 is 0.921 bits per heavy atom. The molecule has 38 heavy (non-hydrogen) atoms. The highest BCUT2D eigenvalue weighted by Gasteiger charge is 2.38. The molecule has 196 valence electrons. The fraction of sp³-hybridized carbons (Fsp3) is 0.258. The van der Waals surface area contributed by atoms with Crippen molar-refractivity contribution >= 4 is 29.6 Å². The summed E-state index contributed by atoms with van der Waals surface area (Å²) in [6.45, 7) is 11.9. The smallest absolute Gasteiger partial charge is 0.340 e. The molecule has 1 aromatic heterocycles. The molecule has 2 aromatic carbocycles. The maximum Gasteiger partial charge on any atom is 0.340 e. The number of aryl methyl sites for hydroxylation is 3. The quantitative estimate of drug-likeness (QED) is 0.310. The minimum atomic E-state index is -0.587. The molecule has 0 radical (unpaired) electrons. The van der Waals surface area contributed by atoms with Gasteiger partial charge < -0.3 is 14.0 Å². The van der Waals surface area contributed by atoms with Gasteiger partial charge in [-0.15, -0.1) is 0 Å². The van der Waals surface area contributed by atoms with Gasteiger partial charge in [-0.2, -0.15) is 0 Å². The Hall–Kier alpha value is -4.39. The van der Waals surface area contributed by atoms with E-state index in [1.165, 1.54) is 17.6 Å². The van der Waals surface area contributed by atoms with Crippen LogP contribution in [0.25, 0.3) is 11.8 Å². The standard InChI is InChI=1S/C31H32N2O5/c1-8-38-30(35)23-10-12-25(13-11-23)33-22(6)28(31(36)37-7)26(29(33)34)17-24-16-20(4)32(21(24)5)27-14-9-18(2)15-19(27)3/h9-17H,8H2,1-7H3/b26-17-. The Balaban J connectivity index is 1.79. The number of nitrogens with zero attached hydrogens (tertiary/aromatic N) is 2. The molecule has 0 unspecified atom stereocenters. The number of ether oxygens (including phenoxy) is 2. The number of allylic oxidation sites excluding steroid dienone is 1. The van der Waals surface area contributed by atoms with Crippen LogP contribution in [0, 0.1) is 27.7 Å². The highest BCUT2D eigenvalue weighted by molar-refractivity contribution is 6.24. The molecule has 0 fully saturated rings. The number of anilines is 1. The molecule has 7 heteroatoms. The van der Waals surface area contributed by atoms with E-state index in [2.05, 4.69) is 36.6 Å². The summed E-state index contributed by atoms with van der Waals surface area (Å²) >= 11 is 0. The van der Waals surface area contributed by atoms with Crippen LogP contribution in [0.3, 0.4) is 0 Å². The third-order valence-corrected chi connectivity index (χ3v) is 6.79. The van der Waals surface area contributed by atoms with Crippen molar-refractivity contribution in [3.05, 3.63) is 99.0 Å². The minimum absolute atomic E-state index is 0.211. The highest BCUT2D eigenvalue weighted by atomic mass is 16.5. The first-order valence-corrected chi connectivity index (χ1v) is 12.5. The number of methoxy groups -OCH3 is 1. The predicted molar refractivity (Wildman–Crippen MR) is 147 cm³/mol. The Kier molecular flexibility index (Phi) is 7.39. The molecule has 0 saturated carbocycles. The summed E-state index contributed by atoms with van der Waals surface area (Å²) in [5.41, 5.74) is 8.03. The average Bonchev–Trinajstić information content (AvgIpc) is 3.30. The van der Waals surface area contributed by atoms with Crippen LogP contribution >= 0.6 is 0 Å². The third-order valence-electron chi connectivity index (χ3n) is 6.79. The molecule has 0 N–H and O–H groups in total. The molecular formula is C31H32N2O5. The van der Waals surface area contributed by atoms with Crippen molar-refractivity contribution in [2.45, 2.75) is 41.5 Å². The summed E-state index contributed by atoms with van der Waals surface area (Å²) in [5, 5.41) is 0. The second-order valence-corrected chi connectivity index (χ2v) is 9.37. The van der Waals surface area contributed by atoms with Crippen LogP contribution in [-0.4, -0.2) is 36.1 Å². The fourth-order valence-electron chi connectivity index (χ4n) is 4.97. The summed E-state index contributed by atoms with van der Waals surface area (Å²) in [6, 6.07) is 14.8. The Morgan fingerprint density at radius 3 is 2.21 bits per heavy atom. The normalized spacial score (nSPS) is 14.4. The van der Waals surface area contributed by atoms with E-state index in [1.807, 2.05) is 19.9 Å². The predicted octanol–water partition coefficient (Wildman–Crippen LogP) is 5.76. The first-order valence-electron chi connectivity index (χ1n) is 12.5. The topological polar surface area (TPSA) is 77.8 Å². The number of aromatic nitrogens is 1. The lowest BCUT2D eigenvalue weighted by Gasteiger charge is -2.18. The lowest BCUT2D eigenvalue weighted by atomic mass is 10.0. The maximum atomic E-state index is 13.7. The van der Waals surface area contributed by atoms with E-state index >= 15 is 0 Å². The molecular weight excluding hydrogens is 480 g/mol. The number of carbonyl (C=O) groups excluding carboxylic acids is 3. The van der Waals surface area contributed by atoms with Crippen LogP contribution in [0.2, 0.25) is 0 Å². The van der Waals surface area contributed by atoms with Crippen molar-refractivity contribution in [3.8, 4) is 5.69 Å². The fourth-order valence-corrected chi connectivity index (χ4v) is 4.97. The zero-order chi connectivity index (χ0) is 27.7. The van der Waals surface area contributed by atoms with Crippen molar-refractivity contribution in [3.63, 3.8) is 0 Å². The number of hydrogen-bond donors (Lipinski definition) is 0. The van der Waals surface area contributed by atoms with Gasteiger partial charge in [-0.05, 0) is 95.1 Å². The molecule has 0 aliphatic carbocycles. The van der Waals surface area contributed by atoms with Crippen LogP contribution in [0.4, 0.5) is 5.69 Å². The SMILES string of the molecule is CCOC(=O)c1ccc(N2C(=O)/C(=C\c3cc(C)n(-c4ccc(C)cc4C)c3C)C(C(=O)OC)=C2C)cc1. The van der Waals surface area contributed by atoms with Gasteiger partial charge in [0.1, 0.15) is 0 Å². The summed E-state index contributed by atoms with van der Waals surface area (Å²) in [7, 11) is 1.30. The van der Waals surface area contributed by atoms with Crippen molar-refractivity contribution in [1.29, 1.82) is 0 Å². The van der Waals surface area contributed by atoms with Gasteiger partial charge in [-0.25, -0.2) is 9.59 Å². The van der Waals surface area contributed by atoms with E-state index in [9.17, 15) is 14.4 Å². The first kappa shape index (κ1) is 26.7. The number of carbonyl (C=O) groups is 3. The van der Waals surface area contributed by atoms with Crippen molar-refractivity contribution in [1.82, 2.24) is 4.57 Å². The number of esters is 2. The van der Waals surface area contributed by atoms with Crippen LogP contribution in [0.1, 0.15) is 52.3 Å². The van der Waals surface area contributed by atoms with Crippen molar-refractivity contribution < 1.29 is 23.9 Å². The summed E-state index contributed by atoms with van der Waals surface area (Å²) in [5.74, 6) is -1.37. The lowest BCUT2D eigenvalue weighted by molar-refractivity contribution is -0.136. The molecule has 0 spiro atoms. The zero-order valence-electron chi connectivity index (χ0n) is 22.8. The highest BCUT2D eigenvalue weighted by Crippen LogP contribution is 2.36. The summed E-state index contributed by atoms with van der Waals surface area (Å²) < 4.78 is 12.3. The van der Waals surface area contributed by atoms with Gasteiger partial charge in [0.25, 0.3) is 5.91 Å². The monoisotopic (exact) mass is 512 g/mol. The Bertz CT molecular complexity index is 1510. The van der Waals surface area contributed by atoms with Gasteiger partial charge in [-0.3, -0.25) is 9.69 Å². The van der Waals surface area contributed by atoms with E-state index in [0.717, 1.165) is 28.2 Å². The molecule has 1 aliphatic heterocycles. The van der Waals surface area contributed by atoms with E-state index in [-0.39, 0.29) is 23.7 Å². The van der Waals surface area contributed by atoms with E-state index in [1.54, 1.807) is 44.2 Å². The van der Waals surface area contributed by atoms with Gasteiger partial charge >= 0.3 is 11.9 Å². The zero-order valence-corrected chi connectivity index (χ0v) is 22.8. The molecule has 0 saturated heterocycles. The Morgan fingerprint density at radius 2 is 1.61 bits per heavy atom. The number of rotatable bonds is 6. The summed E-state index contributed by atoms with van der Waals surface area (Å²) in [6.07, 6.45) is 1.76. The average molecular weight is 513 g/mol. The van der Waals surface area contributed by atoms with E-state index < -0.39 is 11.9 Å². The van der Waals surface area contributed by atoms with Crippen molar-refractivity contribution in [2.24, 2.45) is 0 Å². The minimum Gasteiger partial charge on any atom is -0.465 e. The van der Waals surface area contributed by atoms with Gasteiger partial charge in [0.15, 0.2) is 0 Å². The second kappa shape index (κ2) is 10.5. The van der Waals surface area contributed by atoms with Crippen LogP contribution < -0.4 is 4.90 Å². The molecule has 4 rings (SSSR count). The second-order valence-electron chi connectivity index (χ2n) is 9.37. The molecule has 2 heterocycles. The van der Waals surface area contributed by atoms with Gasteiger partial charge in [-0.1, -0.05) is 17.7 Å². The maximum absolute atomic E-state index is 13.7. The first-order chi connectivity index (χ1) is 18.1. The molecule has 0 bridgehead atoms. The number of amides is 1. The largest absolute Gasteiger partial charge is 0.465 e. The van der Waals surface area contributed by atoms with Crippen LogP contribution in [0.15, 0.2) is 65.4 Å². The molecule has 7 nitrogen and oxygen atoms in total. The molecule has 1 aliphatic rings. The third kappa shape index (κ3) is 4.67. The number of benzene rings is 2. The lowest BCUT2D eigenvalue weighted by Crippen LogP contribution is -2.24. The molecule has 0 atom stereocenters. The Labute approximate surface area is 223 Å².